The van der Waals surface area contributed by atoms with Crippen molar-refractivity contribution in [3.8, 4) is 0 Å². The molecule has 0 spiro atoms. The van der Waals surface area contributed by atoms with E-state index in [0.29, 0.717) is 23.4 Å². The first-order chi connectivity index (χ1) is 12.5. The van der Waals surface area contributed by atoms with Crippen LogP contribution in [0.4, 0.5) is 5.69 Å². The van der Waals surface area contributed by atoms with Gasteiger partial charge in [-0.1, -0.05) is 26.0 Å². The molecule has 0 radical (unpaired) electrons. The average molecular weight is 418 g/mol. The number of likely N-dealkylation sites (N-methyl/N-ethyl adjacent to an activating group) is 1. The number of nitrogens with one attached hydrogen (secondary N) is 2. The number of amides is 2. The van der Waals surface area contributed by atoms with Crippen molar-refractivity contribution < 1.29 is 9.59 Å². The average Bonchev–Trinajstić information content (AvgIpc) is 2.66. The zero-order chi connectivity index (χ0) is 18.9. The predicted molar refractivity (Wildman–Crippen MR) is 109 cm³/mol. The van der Waals surface area contributed by atoms with Gasteiger partial charge in [-0.2, -0.15) is 0 Å². The molecule has 0 aliphatic carbocycles. The maximum atomic E-state index is 12.3. The number of hydrogen-bond acceptors (Lipinski definition) is 3. The minimum absolute atomic E-state index is 0.110. The monoisotopic (exact) mass is 417 g/mol. The second-order valence-electron chi connectivity index (χ2n) is 5.79. The quantitative estimate of drug-likeness (QED) is 0.686. The van der Waals surface area contributed by atoms with E-state index in [2.05, 4.69) is 45.3 Å². The number of halogens is 1. The lowest BCUT2D eigenvalue weighted by molar-refractivity contribution is 0.0948. The van der Waals surface area contributed by atoms with Gasteiger partial charge in [0.1, 0.15) is 0 Å². The van der Waals surface area contributed by atoms with Gasteiger partial charge < -0.3 is 15.5 Å². The number of carbonyl (C=O) groups excluding carboxylic acids is 2. The number of hydrogen-bond donors (Lipinski definition) is 2. The first-order valence-corrected chi connectivity index (χ1v) is 9.51. The van der Waals surface area contributed by atoms with Crippen LogP contribution >= 0.6 is 15.9 Å². The van der Waals surface area contributed by atoms with E-state index in [4.69, 9.17) is 0 Å². The summed E-state index contributed by atoms with van der Waals surface area (Å²) in [5, 5.41) is 5.75. The fourth-order valence-corrected chi connectivity index (χ4v) is 2.98. The molecule has 138 valence electrons. The van der Waals surface area contributed by atoms with Crippen molar-refractivity contribution in [1.29, 1.82) is 0 Å². The molecule has 0 fully saturated rings. The lowest BCUT2D eigenvalue weighted by Gasteiger charge is -2.18. The lowest BCUT2D eigenvalue weighted by Crippen LogP contribution is -2.34. The Bertz CT molecular complexity index is 743. The summed E-state index contributed by atoms with van der Waals surface area (Å²) in [4.78, 5) is 26.7. The Hall–Kier alpha value is -2.18. The van der Waals surface area contributed by atoms with E-state index in [1.54, 1.807) is 30.3 Å². The van der Waals surface area contributed by atoms with Crippen LogP contribution in [0.2, 0.25) is 0 Å². The number of benzene rings is 2. The second-order valence-corrected chi connectivity index (χ2v) is 6.65. The molecule has 2 aromatic carbocycles. The minimum atomic E-state index is -0.200. The molecule has 2 rings (SSSR count). The van der Waals surface area contributed by atoms with Crippen LogP contribution in [0.3, 0.4) is 0 Å². The van der Waals surface area contributed by atoms with Crippen LogP contribution in [-0.4, -0.2) is 42.9 Å². The molecule has 6 heteroatoms. The van der Waals surface area contributed by atoms with Gasteiger partial charge in [0.2, 0.25) is 0 Å². The summed E-state index contributed by atoms with van der Waals surface area (Å²) in [7, 11) is 0. The Labute approximate surface area is 162 Å². The normalized spacial score (nSPS) is 10.6. The van der Waals surface area contributed by atoms with Gasteiger partial charge in [0, 0.05) is 28.8 Å². The van der Waals surface area contributed by atoms with Crippen molar-refractivity contribution in [2.24, 2.45) is 0 Å². The molecule has 0 aromatic heterocycles. The van der Waals surface area contributed by atoms with Gasteiger partial charge in [0.15, 0.2) is 0 Å². The van der Waals surface area contributed by atoms with Crippen LogP contribution in [0.15, 0.2) is 53.0 Å². The third-order valence-corrected chi connectivity index (χ3v) is 4.82. The van der Waals surface area contributed by atoms with Crippen molar-refractivity contribution in [2.75, 3.05) is 31.5 Å². The predicted octanol–water partition coefficient (Wildman–Crippen LogP) is 3.77. The minimum Gasteiger partial charge on any atom is -0.351 e. The Balaban J connectivity index is 1.90. The molecule has 0 saturated heterocycles. The fourth-order valence-electron chi connectivity index (χ4n) is 2.52. The smallest absolute Gasteiger partial charge is 0.256 e. The summed E-state index contributed by atoms with van der Waals surface area (Å²) in [6, 6.07) is 14.1. The summed E-state index contributed by atoms with van der Waals surface area (Å²) in [6.45, 7) is 7.59. The Morgan fingerprint density at radius 2 is 1.62 bits per heavy atom. The molecule has 0 bridgehead atoms. The Morgan fingerprint density at radius 1 is 0.962 bits per heavy atom. The van der Waals surface area contributed by atoms with Crippen molar-refractivity contribution >= 4 is 33.4 Å². The Morgan fingerprint density at radius 3 is 2.23 bits per heavy atom. The maximum absolute atomic E-state index is 12.3. The van der Waals surface area contributed by atoms with Crippen LogP contribution in [0, 0.1) is 0 Å². The highest BCUT2D eigenvalue weighted by Gasteiger charge is 2.10. The number of carbonyl (C=O) groups is 2. The fraction of sp³-hybridized carbons (Fsp3) is 0.300. The summed E-state index contributed by atoms with van der Waals surface area (Å²) >= 11 is 3.37. The molecule has 5 nitrogen and oxygen atoms in total. The molecule has 0 aliphatic heterocycles. The number of nitrogens with zero attached hydrogens (tertiary/aromatic N) is 1. The van der Waals surface area contributed by atoms with Gasteiger partial charge in [-0.25, -0.2) is 0 Å². The summed E-state index contributed by atoms with van der Waals surface area (Å²) < 4.78 is 0.738. The molecule has 26 heavy (non-hydrogen) atoms. The van der Waals surface area contributed by atoms with Crippen LogP contribution in [0.1, 0.15) is 34.6 Å². The summed E-state index contributed by atoms with van der Waals surface area (Å²) in [5.41, 5.74) is 1.78. The van der Waals surface area contributed by atoms with Gasteiger partial charge in [-0.3, -0.25) is 9.59 Å². The van der Waals surface area contributed by atoms with Crippen LogP contribution < -0.4 is 10.6 Å². The summed E-state index contributed by atoms with van der Waals surface area (Å²) in [6.07, 6.45) is 0. The molecule has 0 unspecified atom stereocenters. The molecular formula is C20H24BrN3O2. The van der Waals surface area contributed by atoms with Gasteiger partial charge in [0.05, 0.1) is 5.56 Å². The van der Waals surface area contributed by atoms with E-state index in [1.165, 1.54) is 0 Å². The number of rotatable bonds is 8. The molecule has 2 aromatic rings. The van der Waals surface area contributed by atoms with E-state index >= 15 is 0 Å². The SMILES string of the molecule is CCN(CC)CCNC(=O)c1ccc(NC(=O)c2ccccc2Br)cc1. The first-order valence-electron chi connectivity index (χ1n) is 8.71. The van der Waals surface area contributed by atoms with Crippen LogP contribution in [-0.2, 0) is 0 Å². The molecular weight excluding hydrogens is 394 g/mol. The molecule has 0 heterocycles. The van der Waals surface area contributed by atoms with Gasteiger partial charge in [-0.05, 0) is 65.4 Å². The second kappa shape index (κ2) is 10.1. The largest absolute Gasteiger partial charge is 0.351 e. The van der Waals surface area contributed by atoms with E-state index in [1.807, 2.05) is 18.2 Å². The highest BCUT2D eigenvalue weighted by molar-refractivity contribution is 9.10. The third kappa shape index (κ3) is 5.68. The first kappa shape index (κ1) is 20.1. The molecule has 2 amide bonds. The van der Waals surface area contributed by atoms with Crippen molar-refractivity contribution in [3.05, 3.63) is 64.1 Å². The molecule has 0 saturated carbocycles. The zero-order valence-electron chi connectivity index (χ0n) is 15.1. The van der Waals surface area contributed by atoms with Crippen LogP contribution in [0.5, 0.6) is 0 Å². The van der Waals surface area contributed by atoms with Crippen LogP contribution in [0.25, 0.3) is 0 Å². The molecule has 0 aliphatic rings. The molecule has 0 atom stereocenters. The van der Waals surface area contributed by atoms with E-state index in [0.717, 1.165) is 24.1 Å². The molecule has 2 N–H and O–H groups in total. The lowest BCUT2D eigenvalue weighted by atomic mass is 10.1. The summed E-state index contributed by atoms with van der Waals surface area (Å²) in [5.74, 6) is -0.310. The van der Waals surface area contributed by atoms with Gasteiger partial charge >= 0.3 is 0 Å². The highest BCUT2D eigenvalue weighted by Crippen LogP contribution is 2.18. The van der Waals surface area contributed by atoms with Gasteiger partial charge in [0.25, 0.3) is 11.8 Å². The standard InChI is InChI=1S/C20H24BrN3O2/c1-3-24(4-2)14-13-22-19(25)15-9-11-16(12-10-15)23-20(26)17-7-5-6-8-18(17)21/h5-12H,3-4,13-14H2,1-2H3,(H,22,25)(H,23,26). The third-order valence-electron chi connectivity index (χ3n) is 4.13. The van der Waals surface area contributed by atoms with Crippen molar-refractivity contribution in [1.82, 2.24) is 10.2 Å². The number of anilines is 1. The van der Waals surface area contributed by atoms with E-state index in [9.17, 15) is 9.59 Å². The van der Waals surface area contributed by atoms with E-state index in [-0.39, 0.29) is 11.8 Å². The highest BCUT2D eigenvalue weighted by atomic mass is 79.9. The maximum Gasteiger partial charge on any atom is 0.256 e. The van der Waals surface area contributed by atoms with Crippen molar-refractivity contribution in [3.63, 3.8) is 0 Å². The van der Waals surface area contributed by atoms with Crippen molar-refractivity contribution in [2.45, 2.75) is 13.8 Å². The topological polar surface area (TPSA) is 61.4 Å². The van der Waals surface area contributed by atoms with Gasteiger partial charge in [-0.15, -0.1) is 0 Å². The van der Waals surface area contributed by atoms with E-state index < -0.39 is 0 Å². The zero-order valence-corrected chi connectivity index (χ0v) is 16.7. The Kier molecular flexibility index (Phi) is 7.81.